The van der Waals surface area contributed by atoms with Gasteiger partial charge in [0.2, 0.25) is 0 Å². The third-order valence-electron chi connectivity index (χ3n) is 4.56. The number of benzene rings is 2. The van der Waals surface area contributed by atoms with Crippen molar-refractivity contribution in [2.75, 3.05) is 12.4 Å². The largest absolute Gasteiger partial charge is 0.334 e. The Morgan fingerprint density at radius 2 is 1.75 bits per heavy atom. The van der Waals surface area contributed by atoms with E-state index in [0.717, 1.165) is 11.3 Å². The number of carbonyl (C=O) groups excluding carboxylic acids is 2. The van der Waals surface area contributed by atoms with Crippen LogP contribution in [0.2, 0.25) is 0 Å². The topological polar surface area (TPSA) is 75.2 Å². The summed E-state index contributed by atoms with van der Waals surface area (Å²) in [6.07, 6.45) is 3.06. The molecule has 0 bridgehead atoms. The van der Waals surface area contributed by atoms with Crippen molar-refractivity contribution in [3.05, 3.63) is 89.5 Å². The van der Waals surface area contributed by atoms with Crippen molar-refractivity contribution >= 4 is 17.5 Å². The van der Waals surface area contributed by atoms with Crippen LogP contribution in [0.15, 0.2) is 67.0 Å². The zero-order valence-corrected chi connectivity index (χ0v) is 16.1. The van der Waals surface area contributed by atoms with Crippen molar-refractivity contribution in [2.24, 2.45) is 0 Å². The van der Waals surface area contributed by atoms with Crippen LogP contribution in [0, 0.1) is 6.92 Å². The predicted octanol–water partition coefficient (Wildman–Crippen LogP) is 3.87. The number of carbonyl (C=O) groups is 2. The van der Waals surface area contributed by atoms with Gasteiger partial charge in [0.05, 0.1) is 17.9 Å². The Morgan fingerprint density at radius 3 is 2.43 bits per heavy atom. The van der Waals surface area contributed by atoms with E-state index in [0.29, 0.717) is 16.9 Å². The lowest BCUT2D eigenvalue weighted by atomic mass is 10.1. The maximum Gasteiger partial charge on any atom is 0.274 e. The molecule has 0 saturated heterocycles. The summed E-state index contributed by atoms with van der Waals surface area (Å²) >= 11 is 0. The predicted molar refractivity (Wildman–Crippen MR) is 108 cm³/mol. The SMILES string of the molecule is Cc1cnc(C(=O)N(C)C(C)c2cccc(NC(=O)c3ccccc3)c2)cn1. The highest BCUT2D eigenvalue weighted by molar-refractivity contribution is 6.04. The lowest BCUT2D eigenvalue weighted by Gasteiger charge is -2.25. The zero-order valence-electron chi connectivity index (χ0n) is 16.1. The summed E-state index contributed by atoms with van der Waals surface area (Å²) in [4.78, 5) is 34.9. The van der Waals surface area contributed by atoms with Gasteiger partial charge in [0, 0.05) is 24.5 Å². The number of anilines is 1. The Morgan fingerprint density at radius 1 is 1.00 bits per heavy atom. The average Bonchev–Trinajstić information content (AvgIpc) is 2.73. The molecular weight excluding hydrogens is 352 g/mol. The molecule has 0 aliphatic heterocycles. The molecule has 0 aliphatic carbocycles. The maximum absolute atomic E-state index is 12.7. The van der Waals surface area contributed by atoms with E-state index in [-0.39, 0.29) is 17.9 Å². The first-order valence-electron chi connectivity index (χ1n) is 8.98. The van der Waals surface area contributed by atoms with Crippen LogP contribution < -0.4 is 5.32 Å². The summed E-state index contributed by atoms with van der Waals surface area (Å²) in [5.41, 5.74) is 3.23. The van der Waals surface area contributed by atoms with E-state index in [4.69, 9.17) is 0 Å². The van der Waals surface area contributed by atoms with Gasteiger partial charge in [-0.25, -0.2) is 4.98 Å². The number of hydrogen-bond acceptors (Lipinski definition) is 4. The smallest absolute Gasteiger partial charge is 0.274 e. The van der Waals surface area contributed by atoms with E-state index in [1.54, 1.807) is 30.3 Å². The van der Waals surface area contributed by atoms with Gasteiger partial charge in [-0.2, -0.15) is 0 Å². The van der Waals surface area contributed by atoms with E-state index in [1.165, 1.54) is 6.20 Å². The van der Waals surface area contributed by atoms with E-state index in [1.807, 2.05) is 56.3 Å². The molecule has 0 saturated carbocycles. The number of nitrogens with one attached hydrogen (secondary N) is 1. The molecule has 2 aromatic carbocycles. The fourth-order valence-electron chi connectivity index (χ4n) is 2.75. The van der Waals surface area contributed by atoms with E-state index < -0.39 is 0 Å². The Balaban J connectivity index is 1.74. The first-order valence-corrected chi connectivity index (χ1v) is 8.98. The molecule has 1 aromatic heterocycles. The molecule has 28 heavy (non-hydrogen) atoms. The summed E-state index contributed by atoms with van der Waals surface area (Å²) in [7, 11) is 1.73. The lowest BCUT2D eigenvalue weighted by molar-refractivity contribution is 0.0736. The lowest BCUT2D eigenvalue weighted by Crippen LogP contribution is -2.30. The summed E-state index contributed by atoms with van der Waals surface area (Å²) in [6, 6.07) is 16.3. The quantitative estimate of drug-likeness (QED) is 0.736. The molecule has 142 valence electrons. The van der Waals surface area contributed by atoms with Crippen molar-refractivity contribution in [3.8, 4) is 0 Å². The molecule has 1 heterocycles. The Labute approximate surface area is 164 Å². The van der Waals surface area contributed by atoms with Crippen LogP contribution in [0.3, 0.4) is 0 Å². The maximum atomic E-state index is 12.7. The van der Waals surface area contributed by atoms with Gasteiger partial charge < -0.3 is 10.2 Å². The van der Waals surface area contributed by atoms with Crippen LogP contribution in [-0.2, 0) is 0 Å². The molecule has 6 heteroatoms. The molecule has 1 atom stereocenters. The number of aromatic nitrogens is 2. The van der Waals surface area contributed by atoms with Crippen LogP contribution >= 0.6 is 0 Å². The summed E-state index contributed by atoms with van der Waals surface area (Å²) < 4.78 is 0. The number of nitrogens with zero attached hydrogens (tertiary/aromatic N) is 3. The molecule has 6 nitrogen and oxygen atoms in total. The van der Waals surface area contributed by atoms with Crippen LogP contribution in [-0.4, -0.2) is 33.7 Å². The van der Waals surface area contributed by atoms with E-state index >= 15 is 0 Å². The summed E-state index contributed by atoms with van der Waals surface area (Å²) in [6.45, 7) is 3.75. The minimum Gasteiger partial charge on any atom is -0.334 e. The van der Waals surface area contributed by atoms with Crippen molar-refractivity contribution < 1.29 is 9.59 Å². The zero-order chi connectivity index (χ0) is 20.1. The average molecular weight is 374 g/mol. The van der Waals surface area contributed by atoms with Crippen molar-refractivity contribution in [1.29, 1.82) is 0 Å². The summed E-state index contributed by atoms with van der Waals surface area (Å²) in [5.74, 6) is -0.386. The van der Waals surface area contributed by atoms with Gasteiger partial charge in [-0.3, -0.25) is 14.6 Å². The normalized spacial score (nSPS) is 11.5. The van der Waals surface area contributed by atoms with E-state index in [9.17, 15) is 9.59 Å². The van der Waals surface area contributed by atoms with Gasteiger partial charge in [-0.1, -0.05) is 30.3 Å². The van der Waals surface area contributed by atoms with Gasteiger partial charge in [-0.05, 0) is 43.7 Å². The molecule has 3 aromatic rings. The second kappa shape index (κ2) is 8.43. The van der Waals surface area contributed by atoms with Crippen LogP contribution in [0.1, 0.15) is 45.1 Å². The third kappa shape index (κ3) is 4.40. The minimum atomic E-state index is -0.210. The van der Waals surface area contributed by atoms with Gasteiger partial charge >= 0.3 is 0 Å². The van der Waals surface area contributed by atoms with Crippen LogP contribution in [0.5, 0.6) is 0 Å². The van der Waals surface area contributed by atoms with Crippen molar-refractivity contribution in [2.45, 2.75) is 19.9 Å². The molecule has 1 unspecified atom stereocenters. The number of aryl methyl sites for hydroxylation is 1. The van der Waals surface area contributed by atoms with Gasteiger partial charge in [0.25, 0.3) is 11.8 Å². The standard InChI is InChI=1S/C22H22N4O2/c1-15-13-24-20(14-23-15)22(28)26(3)16(2)18-10-7-11-19(12-18)25-21(27)17-8-5-4-6-9-17/h4-14,16H,1-3H3,(H,25,27). The molecular formula is C22H22N4O2. The Hall–Kier alpha value is -3.54. The molecule has 2 amide bonds. The molecule has 0 radical (unpaired) electrons. The fourth-order valence-corrected chi connectivity index (χ4v) is 2.75. The molecule has 0 fully saturated rings. The fraction of sp³-hybridized carbons (Fsp3) is 0.182. The first kappa shape index (κ1) is 19.2. The van der Waals surface area contributed by atoms with Crippen LogP contribution in [0.4, 0.5) is 5.69 Å². The Kier molecular flexibility index (Phi) is 5.79. The second-order valence-electron chi connectivity index (χ2n) is 6.58. The molecule has 0 spiro atoms. The monoisotopic (exact) mass is 374 g/mol. The third-order valence-corrected chi connectivity index (χ3v) is 4.56. The van der Waals surface area contributed by atoms with Gasteiger partial charge in [0.15, 0.2) is 0 Å². The number of rotatable bonds is 5. The molecule has 0 aliphatic rings. The van der Waals surface area contributed by atoms with E-state index in [2.05, 4.69) is 15.3 Å². The van der Waals surface area contributed by atoms with Gasteiger partial charge in [0.1, 0.15) is 5.69 Å². The highest BCUT2D eigenvalue weighted by Crippen LogP contribution is 2.23. The van der Waals surface area contributed by atoms with Crippen molar-refractivity contribution in [3.63, 3.8) is 0 Å². The minimum absolute atomic E-state index is 0.176. The van der Waals surface area contributed by atoms with Crippen LogP contribution in [0.25, 0.3) is 0 Å². The van der Waals surface area contributed by atoms with Gasteiger partial charge in [-0.15, -0.1) is 0 Å². The van der Waals surface area contributed by atoms with Crippen molar-refractivity contribution in [1.82, 2.24) is 14.9 Å². The molecule has 3 rings (SSSR count). The first-order chi connectivity index (χ1) is 13.5. The number of hydrogen-bond donors (Lipinski definition) is 1. The summed E-state index contributed by atoms with van der Waals surface area (Å²) in [5, 5.41) is 2.89. The number of amides is 2. The highest BCUT2D eigenvalue weighted by Gasteiger charge is 2.20. The highest BCUT2D eigenvalue weighted by atomic mass is 16.2. The Bertz CT molecular complexity index is 971. The second-order valence-corrected chi connectivity index (χ2v) is 6.58. The molecule has 1 N–H and O–H groups in total.